The minimum atomic E-state index is -0.303. The minimum Gasteiger partial charge on any atom is -0.459 e. The van der Waals surface area contributed by atoms with E-state index in [1.165, 1.54) is 6.26 Å². The molecular weight excluding hydrogens is 398 g/mol. The van der Waals surface area contributed by atoms with E-state index in [1.807, 2.05) is 59.6 Å². The second-order valence-electron chi connectivity index (χ2n) is 7.24. The van der Waals surface area contributed by atoms with Crippen LogP contribution in [0, 0.1) is 0 Å². The highest BCUT2D eigenvalue weighted by Gasteiger charge is 2.18. The highest BCUT2D eigenvalue weighted by Crippen LogP contribution is 2.25. The van der Waals surface area contributed by atoms with Crippen LogP contribution in [0.15, 0.2) is 58.5 Å². The van der Waals surface area contributed by atoms with Gasteiger partial charge in [-0.2, -0.15) is 0 Å². The molecule has 1 N–H and O–H groups in total. The number of nitrogens with zero attached hydrogens (tertiary/aromatic N) is 2. The van der Waals surface area contributed by atoms with E-state index in [4.69, 9.17) is 4.42 Å². The lowest BCUT2D eigenvalue weighted by atomic mass is 10.1. The van der Waals surface area contributed by atoms with Crippen LogP contribution in [0.1, 0.15) is 34.3 Å². The van der Waals surface area contributed by atoms with Crippen LogP contribution >= 0.6 is 11.3 Å². The molecule has 2 aromatic heterocycles. The van der Waals surface area contributed by atoms with E-state index >= 15 is 0 Å². The standard InChI is InChI=1S/C23H27N3O3S/c1-4-11-26(22(27)15-19-7-6-13-30-19)16-17-14-18(9-10-20(17)25(2)3)24-23(28)21-8-5-12-29-21/h5-10,12-14H,4,11,15-16H2,1-3H3,(H,24,28). The van der Waals surface area contributed by atoms with Gasteiger partial charge < -0.3 is 19.5 Å². The van der Waals surface area contributed by atoms with E-state index in [0.717, 1.165) is 22.5 Å². The number of carbonyl (C=O) groups excluding carboxylic acids is 2. The van der Waals surface area contributed by atoms with Crippen LogP contribution < -0.4 is 10.2 Å². The fourth-order valence-electron chi connectivity index (χ4n) is 3.27. The fraction of sp³-hybridized carbons (Fsp3) is 0.304. The lowest BCUT2D eigenvalue weighted by Crippen LogP contribution is -2.33. The van der Waals surface area contributed by atoms with Crippen LogP contribution in [0.5, 0.6) is 0 Å². The van der Waals surface area contributed by atoms with Crippen LogP contribution in [0.2, 0.25) is 0 Å². The Kier molecular flexibility index (Phi) is 7.30. The maximum atomic E-state index is 12.9. The number of anilines is 2. The van der Waals surface area contributed by atoms with Crippen LogP contribution in [-0.4, -0.2) is 37.4 Å². The monoisotopic (exact) mass is 425 g/mol. The van der Waals surface area contributed by atoms with Gasteiger partial charge in [0.1, 0.15) is 0 Å². The van der Waals surface area contributed by atoms with Crippen molar-refractivity contribution in [1.29, 1.82) is 0 Å². The summed E-state index contributed by atoms with van der Waals surface area (Å²) in [6.45, 7) is 3.23. The topological polar surface area (TPSA) is 65.8 Å². The smallest absolute Gasteiger partial charge is 0.291 e. The molecule has 0 spiro atoms. The lowest BCUT2D eigenvalue weighted by molar-refractivity contribution is -0.131. The van der Waals surface area contributed by atoms with Gasteiger partial charge in [-0.05, 0) is 53.8 Å². The average molecular weight is 426 g/mol. The molecule has 30 heavy (non-hydrogen) atoms. The molecule has 0 aliphatic heterocycles. The molecule has 3 rings (SSSR count). The molecule has 0 aliphatic carbocycles. The molecule has 0 atom stereocenters. The summed E-state index contributed by atoms with van der Waals surface area (Å²) in [6.07, 6.45) is 2.75. The van der Waals surface area contributed by atoms with Crippen molar-refractivity contribution in [2.45, 2.75) is 26.3 Å². The Labute approximate surface area is 181 Å². The third-order valence-electron chi connectivity index (χ3n) is 4.68. The number of rotatable bonds is 9. The molecular formula is C23H27N3O3S. The Bertz CT molecular complexity index is 966. The zero-order valence-electron chi connectivity index (χ0n) is 17.6. The molecule has 158 valence electrons. The summed E-state index contributed by atoms with van der Waals surface area (Å²) in [7, 11) is 3.94. The van der Waals surface area contributed by atoms with Gasteiger partial charge >= 0.3 is 0 Å². The molecule has 2 heterocycles. The highest BCUT2D eigenvalue weighted by atomic mass is 32.1. The average Bonchev–Trinajstić information content (AvgIpc) is 3.42. The summed E-state index contributed by atoms with van der Waals surface area (Å²) in [5.41, 5.74) is 2.65. The van der Waals surface area contributed by atoms with Gasteiger partial charge in [0.2, 0.25) is 5.91 Å². The first kappa shape index (κ1) is 21.6. The van der Waals surface area contributed by atoms with E-state index < -0.39 is 0 Å². The van der Waals surface area contributed by atoms with Crippen molar-refractivity contribution in [3.8, 4) is 0 Å². The number of thiophene rings is 1. The van der Waals surface area contributed by atoms with Crippen molar-refractivity contribution >= 4 is 34.5 Å². The van der Waals surface area contributed by atoms with E-state index in [-0.39, 0.29) is 17.6 Å². The van der Waals surface area contributed by atoms with Crippen molar-refractivity contribution in [3.05, 3.63) is 70.3 Å². The third kappa shape index (κ3) is 5.51. The molecule has 0 aliphatic rings. The van der Waals surface area contributed by atoms with Crippen molar-refractivity contribution in [3.63, 3.8) is 0 Å². The molecule has 0 saturated heterocycles. The molecule has 0 unspecified atom stereocenters. The summed E-state index contributed by atoms with van der Waals surface area (Å²) in [5, 5.41) is 4.86. The van der Waals surface area contributed by atoms with Gasteiger partial charge in [0.15, 0.2) is 5.76 Å². The molecule has 6 nitrogen and oxygen atoms in total. The number of furan rings is 1. The summed E-state index contributed by atoms with van der Waals surface area (Å²) in [5.74, 6) is 0.0590. The normalized spacial score (nSPS) is 10.6. The molecule has 7 heteroatoms. The molecule has 2 amide bonds. The zero-order valence-corrected chi connectivity index (χ0v) is 18.4. The third-order valence-corrected chi connectivity index (χ3v) is 5.55. The maximum absolute atomic E-state index is 12.9. The van der Waals surface area contributed by atoms with Crippen LogP contribution in [0.25, 0.3) is 0 Å². The first-order valence-electron chi connectivity index (χ1n) is 9.93. The Morgan fingerprint density at radius 3 is 2.60 bits per heavy atom. The van der Waals surface area contributed by atoms with E-state index in [1.54, 1.807) is 23.5 Å². The van der Waals surface area contributed by atoms with Gasteiger partial charge in [0.25, 0.3) is 5.91 Å². The molecule has 0 fully saturated rings. The van der Waals surface area contributed by atoms with Crippen molar-refractivity contribution in [2.24, 2.45) is 0 Å². The molecule has 0 saturated carbocycles. The number of nitrogens with one attached hydrogen (secondary N) is 1. The van der Waals surface area contributed by atoms with Gasteiger partial charge in [0, 0.05) is 43.4 Å². The van der Waals surface area contributed by atoms with Gasteiger partial charge in [-0.1, -0.05) is 13.0 Å². The number of hydrogen-bond acceptors (Lipinski definition) is 5. The second kappa shape index (κ2) is 10.1. The van der Waals surface area contributed by atoms with Crippen molar-refractivity contribution in [2.75, 3.05) is 30.9 Å². The highest BCUT2D eigenvalue weighted by molar-refractivity contribution is 7.10. The summed E-state index contributed by atoms with van der Waals surface area (Å²) in [4.78, 5) is 30.2. The molecule has 1 aromatic carbocycles. The Morgan fingerprint density at radius 1 is 1.13 bits per heavy atom. The van der Waals surface area contributed by atoms with Gasteiger partial charge in [0.05, 0.1) is 12.7 Å². The van der Waals surface area contributed by atoms with Gasteiger partial charge in [-0.15, -0.1) is 11.3 Å². The number of amides is 2. The predicted molar refractivity (Wildman–Crippen MR) is 121 cm³/mol. The van der Waals surface area contributed by atoms with E-state index in [0.29, 0.717) is 25.2 Å². The summed E-state index contributed by atoms with van der Waals surface area (Å²) in [6, 6.07) is 13.0. The van der Waals surface area contributed by atoms with Crippen LogP contribution in [-0.2, 0) is 17.8 Å². The fourth-order valence-corrected chi connectivity index (χ4v) is 3.96. The van der Waals surface area contributed by atoms with Gasteiger partial charge in [-0.3, -0.25) is 9.59 Å². The molecule has 0 bridgehead atoms. The van der Waals surface area contributed by atoms with Crippen LogP contribution in [0.3, 0.4) is 0 Å². The SMILES string of the molecule is CCCN(Cc1cc(NC(=O)c2ccco2)ccc1N(C)C)C(=O)Cc1cccs1. The van der Waals surface area contributed by atoms with E-state index in [9.17, 15) is 9.59 Å². The Hall–Kier alpha value is -3.06. The Morgan fingerprint density at radius 2 is 1.97 bits per heavy atom. The summed E-state index contributed by atoms with van der Waals surface area (Å²) >= 11 is 1.60. The van der Waals surface area contributed by atoms with Gasteiger partial charge in [-0.25, -0.2) is 0 Å². The zero-order chi connectivity index (χ0) is 21.5. The number of benzene rings is 1. The number of hydrogen-bond donors (Lipinski definition) is 1. The van der Waals surface area contributed by atoms with Crippen molar-refractivity contribution in [1.82, 2.24) is 4.90 Å². The maximum Gasteiger partial charge on any atom is 0.291 e. The minimum absolute atomic E-state index is 0.106. The predicted octanol–water partition coefficient (Wildman–Crippen LogP) is 4.64. The largest absolute Gasteiger partial charge is 0.459 e. The number of carbonyl (C=O) groups is 2. The first-order valence-corrected chi connectivity index (χ1v) is 10.8. The first-order chi connectivity index (χ1) is 14.5. The van der Waals surface area contributed by atoms with E-state index in [2.05, 4.69) is 12.2 Å². The summed E-state index contributed by atoms with van der Waals surface area (Å²) < 4.78 is 5.17. The Balaban J connectivity index is 1.81. The molecule has 3 aromatic rings. The van der Waals surface area contributed by atoms with Crippen molar-refractivity contribution < 1.29 is 14.0 Å². The molecule has 0 radical (unpaired) electrons. The van der Waals surface area contributed by atoms with Crippen LogP contribution in [0.4, 0.5) is 11.4 Å². The quantitative estimate of drug-likeness (QED) is 0.542. The lowest BCUT2D eigenvalue weighted by Gasteiger charge is -2.26. The second-order valence-corrected chi connectivity index (χ2v) is 8.27.